The van der Waals surface area contributed by atoms with Crippen LogP contribution in [0.5, 0.6) is 0 Å². The summed E-state index contributed by atoms with van der Waals surface area (Å²) in [5, 5.41) is 24.2. The molecule has 0 unspecified atom stereocenters. The minimum Gasteiger partial charge on any atom is -0.273 e. The fraction of sp³-hybridized carbons (Fsp3) is 0.130. The van der Waals surface area contributed by atoms with Crippen LogP contribution >= 0.6 is 0 Å². The molecule has 11 nitrogen and oxygen atoms in total. The standard InChI is InChI=1S/C23H15FN4O7/c24-13-8-10-14(11-9-13)25-22(29)19-20(17-6-1-2-7-18(17)28(33)34)26(35-21(19)23(25)30)15-4-3-5-16(12-15)27(31)32/h1-12,19-21H/t19-,20+,21-/m0/s1. The number of nitrogens with zero attached hydrogens (tertiary/aromatic N) is 4. The lowest BCUT2D eigenvalue weighted by Gasteiger charge is -2.28. The zero-order chi connectivity index (χ0) is 24.9. The fourth-order valence-electron chi connectivity index (χ4n) is 4.45. The van der Waals surface area contributed by atoms with Crippen LogP contribution in [-0.2, 0) is 14.4 Å². The third-order valence-corrected chi connectivity index (χ3v) is 5.95. The molecular formula is C23H15FN4O7. The Morgan fingerprint density at radius 2 is 1.54 bits per heavy atom. The van der Waals surface area contributed by atoms with E-state index >= 15 is 0 Å². The van der Waals surface area contributed by atoms with Crippen LogP contribution in [0.25, 0.3) is 0 Å². The fourth-order valence-corrected chi connectivity index (χ4v) is 4.45. The normalized spacial score (nSPS) is 21.3. The van der Waals surface area contributed by atoms with Crippen LogP contribution in [0.15, 0.2) is 72.8 Å². The van der Waals surface area contributed by atoms with Crippen molar-refractivity contribution in [2.45, 2.75) is 12.1 Å². The van der Waals surface area contributed by atoms with E-state index in [1.807, 2.05) is 0 Å². The van der Waals surface area contributed by atoms with Crippen LogP contribution in [0.2, 0.25) is 0 Å². The first-order chi connectivity index (χ1) is 16.8. The van der Waals surface area contributed by atoms with Gasteiger partial charge in [-0.3, -0.25) is 34.7 Å². The minimum atomic E-state index is -1.35. The van der Waals surface area contributed by atoms with Crippen LogP contribution < -0.4 is 9.96 Å². The zero-order valence-corrected chi connectivity index (χ0v) is 17.7. The average Bonchev–Trinajstić information content (AvgIpc) is 3.36. The molecule has 0 saturated carbocycles. The van der Waals surface area contributed by atoms with E-state index in [0.29, 0.717) is 0 Å². The first-order valence-electron chi connectivity index (χ1n) is 10.3. The van der Waals surface area contributed by atoms with Gasteiger partial charge in [0, 0.05) is 18.2 Å². The van der Waals surface area contributed by atoms with E-state index in [-0.39, 0.29) is 28.3 Å². The topological polar surface area (TPSA) is 136 Å². The average molecular weight is 478 g/mol. The number of rotatable bonds is 5. The maximum absolute atomic E-state index is 13.5. The summed E-state index contributed by atoms with van der Waals surface area (Å²) in [5.74, 6) is -3.18. The van der Waals surface area contributed by atoms with Crippen molar-refractivity contribution < 1.29 is 28.7 Å². The van der Waals surface area contributed by atoms with Gasteiger partial charge in [0.25, 0.3) is 17.3 Å². The number of imide groups is 1. The summed E-state index contributed by atoms with van der Waals surface area (Å²) in [6.45, 7) is 0. The Bertz CT molecular complexity index is 1380. The molecule has 3 aromatic carbocycles. The summed E-state index contributed by atoms with van der Waals surface area (Å²) in [6.07, 6.45) is -1.35. The Balaban J connectivity index is 1.64. The van der Waals surface area contributed by atoms with Crippen LogP contribution in [0.1, 0.15) is 11.6 Å². The number of nitro benzene ring substituents is 2. The summed E-state index contributed by atoms with van der Waals surface area (Å²) in [7, 11) is 0. The lowest BCUT2D eigenvalue weighted by molar-refractivity contribution is -0.385. The molecule has 5 rings (SSSR count). The third kappa shape index (κ3) is 3.56. The van der Waals surface area contributed by atoms with E-state index in [1.165, 1.54) is 54.6 Å². The monoisotopic (exact) mass is 478 g/mol. The number of amides is 2. The van der Waals surface area contributed by atoms with Crippen LogP contribution in [0, 0.1) is 32.0 Å². The van der Waals surface area contributed by atoms with Crippen molar-refractivity contribution in [1.82, 2.24) is 0 Å². The molecule has 2 amide bonds. The molecule has 0 spiro atoms. The molecule has 0 bridgehead atoms. The summed E-state index contributed by atoms with van der Waals surface area (Å²) < 4.78 is 13.4. The first kappa shape index (κ1) is 22.1. The second-order valence-electron chi connectivity index (χ2n) is 7.90. The van der Waals surface area contributed by atoms with Crippen LogP contribution in [-0.4, -0.2) is 27.8 Å². The predicted molar refractivity (Wildman–Crippen MR) is 119 cm³/mol. The first-order valence-corrected chi connectivity index (χ1v) is 10.3. The Kier molecular flexibility index (Phi) is 5.21. The van der Waals surface area contributed by atoms with Crippen molar-refractivity contribution in [2.75, 3.05) is 9.96 Å². The zero-order valence-electron chi connectivity index (χ0n) is 17.7. The van der Waals surface area contributed by atoms with Crippen molar-refractivity contribution in [3.63, 3.8) is 0 Å². The lowest BCUT2D eigenvalue weighted by atomic mass is 9.89. The SMILES string of the molecule is O=C1[C@@H]2[C@H](ON(c3cccc([N+](=O)[O-])c3)[C@@H]2c2ccccc2[N+](=O)[O-])C(=O)N1c1ccc(F)cc1. The molecule has 12 heteroatoms. The number of fused-ring (bicyclic) bond motifs is 1. The summed E-state index contributed by atoms with van der Waals surface area (Å²) in [6, 6.07) is 14.6. The Morgan fingerprint density at radius 3 is 2.23 bits per heavy atom. The number of halogens is 1. The molecule has 0 radical (unpaired) electrons. The van der Waals surface area contributed by atoms with Crippen molar-refractivity contribution >= 4 is 34.6 Å². The number of para-hydroxylation sites is 1. The van der Waals surface area contributed by atoms with Gasteiger partial charge in [-0.2, -0.15) is 0 Å². The van der Waals surface area contributed by atoms with E-state index < -0.39 is 45.5 Å². The highest BCUT2D eigenvalue weighted by atomic mass is 19.1. The van der Waals surface area contributed by atoms with Gasteiger partial charge >= 0.3 is 0 Å². The molecule has 3 aromatic rings. The molecular weight excluding hydrogens is 463 g/mol. The Labute approximate surface area is 196 Å². The highest BCUT2D eigenvalue weighted by Gasteiger charge is 2.61. The number of carbonyl (C=O) groups excluding carboxylic acids is 2. The molecule has 2 fully saturated rings. The smallest absolute Gasteiger partial charge is 0.273 e. The largest absolute Gasteiger partial charge is 0.274 e. The van der Waals surface area contributed by atoms with Gasteiger partial charge in [0.1, 0.15) is 17.8 Å². The van der Waals surface area contributed by atoms with Gasteiger partial charge in [-0.05, 0) is 36.4 Å². The van der Waals surface area contributed by atoms with E-state index in [0.717, 1.165) is 22.1 Å². The van der Waals surface area contributed by atoms with Crippen molar-refractivity contribution in [3.8, 4) is 0 Å². The van der Waals surface area contributed by atoms with Gasteiger partial charge in [-0.25, -0.2) is 14.4 Å². The minimum absolute atomic E-state index is 0.0959. The number of carbonyl (C=O) groups is 2. The van der Waals surface area contributed by atoms with Gasteiger partial charge in [-0.1, -0.05) is 18.2 Å². The maximum atomic E-state index is 13.5. The van der Waals surface area contributed by atoms with Gasteiger partial charge < -0.3 is 0 Å². The number of hydrogen-bond acceptors (Lipinski definition) is 8. The molecule has 0 aliphatic carbocycles. The molecule has 3 atom stereocenters. The molecule has 0 aromatic heterocycles. The molecule has 2 saturated heterocycles. The highest BCUT2D eigenvalue weighted by Crippen LogP contribution is 2.49. The summed E-state index contributed by atoms with van der Waals surface area (Å²) in [4.78, 5) is 55.4. The maximum Gasteiger partial charge on any atom is 0.274 e. The van der Waals surface area contributed by atoms with Crippen molar-refractivity contribution in [2.24, 2.45) is 5.92 Å². The molecule has 176 valence electrons. The molecule has 35 heavy (non-hydrogen) atoms. The van der Waals surface area contributed by atoms with E-state index in [4.69, 9.17) is 4.84 Å². The number of nitro groups is 2. The van der Waals surface area contributed by atoms with E-state index in [2.05, 4.69) is 0 Å². The van der Waals surface area contributed by atoms with Gasteiger partial charge in [0.05, 0.1) is 26.8 Å². The number of hydroxylamine groups is 1. The van der Waals surface area contributed by atoms with Gasteiger partial charge in [0.15, 0.2) is 6.10 Å². The predicted octanol–water partition coefficient (Wildman–Crippen LogP) is 3.69. The number of benzene rings is 3. The van der Waals surface area contributed by atoms with Gasteiger partial charge in [-0.15, -0.1) is 0 Å². The summed E-state index contributed by atoms with van der Waals surface area (Å²) >= 11 is 0. The van der Waals surface area contributed by atoms with Crippen LogP contribution in [0.4, 0.5) is 27.1 Å². The molecule has 2 aliphatic rings. The summed E-state index contributed by atoms with van der Waals surface area (Å²) in [5.41, 5.74) is -0.209. The Hall–Kier alpha value is -4.71. The molecule has 2 aliphatic heterocycles. The Morgan fingerprint density at radius 1 is 0.829 bits per heavy atom. The van der Waals surface area contributed by atoms with Crippen LogP contribution in [0.3, 0.4) is 0 Å². The van der Waals surface area contributed by atoms with E-state index in [1.54, 1.807) is 6.07 Å². The molecule has 0 N–H and O–H groups in total. The van der Waals surface area contributed by atoms with Crippen molar-refractivity contribution in [3.05, 3.63) is 104 Å². The number of anilines is 2. The quantitative estimate of drug-likeness (QED) is 0.308. The second kappa shape index (κ2) is 8.25. The van der Waals surface area contributed by atoms with Crippen molar-refractivity contribution in [1.29, 1.82) is 0 Å². The molecule has 2 heterocycles. The van der Waals surface area contributed by atoms with Gasteiger partial charge in [0.2, 0.25) is 5.91 Å². The highest BCUT2D eigenvalue weighted by molar-refractivity contribution is 6.24. The number of non-ortho nitro benzene ring substituents is 1. The number of hydrogen-bond donors (Lipinski definition) is 0. The van der Waals surface area contributed by atoms with E-state index in [9.17, 15) is 34.2 Å². The third-order valence-electron chi connectivity index (χ3n) is 5.95. The second-order valence-corrected chi connectivity index (χ2v) is 7.90. The lowest BCUT2D eigenvalue weighted by Crippen LogP contribution is -2.37.